The lowest BCUT2D eigenvalue weighted by Gasteiger charge is -2.08. The van der Waals surface area contributed by atoms with Crippen molar-refractivity contribution in [1.82, 2.24) is 4.98 Å². The fourth-order valence-electron chi connectivity index (χ4n) is 1.90. The molecule has 0 atom stereocenters. The van der Waals surface area contributed by atoms with Crippen LogP contribution in [0.5, 0.6) is 5.75 Å². The van der Waals surface area contributed by atoms with Crippen molar-refractivity contribution < 1.29 is 19.6 Å². The summed E-state index contributed by atoms with van der Waals surface area (Å²) in [5.74, 6) is -1.10. The van der Waals surface area contributed by atoms with Gasteiger partial charge in [0, 0.05) is 17.6 Å². The number of ether oxygens (including phenoxy) is 1. The van der Waals surface area contributed by atoms with Gasteiger partial charge in [0.15, 0.2) is 5.52 Å². The molecule has 0 aliphatic carbocycles. The number of carbonyl (C=O) groups excluding carboxylic acids is 1. The molecular weight excluding hydrogens is 344 g/mol. The van der Waals surface area contributed by atoms with Gasteiger partial charge < -0.3 is 9.84 Å². The van der Waals surface area contributed by atoms with Crippen LogP contribution < -0.4 is 0 Å². The molecule has 0 radical (unpaired) electrons. The Hall–Kier alpha value is -2.22. The average molecular weight is 355 g/mol. The molecule has 0 saturated carbocycles. The Labute approximate surface area is 127 Å². The van der Waals surface area contributed by atoms with Crippen LogP contribution in [0, 0.1) is 10.1 Å². The Morgan fingerprint density at radius 2 is 2.24 bits per heavy atom. The summed E-state index contributed by atoms with van der Waals surface area (Å²) in [6, 6.07) is 2.91. The first-order chi connectivity index (χ1) is 9.99. The minimum Gasteiger partial charge on any atom is -0.506 e. The molecule has 0 bridgehead atoms. The van der Waals surface area contributed by atoms with Crippen LogP contribution in [0.2, 0.25) is 0 Å². The fourth-order valence-corrected chi connectivity index (χ4v) is 2.23. The van der Waals surface area contributed by atoms with Crippen LogP contribution in [0.25, 0.3) is 10.9 Å². The number of nitrogens with zero attached hydrogens (tertiary/aromatic N) is 2. The van der Waals surface area contributed by atoms with Crippen LogP contribution in [-0.4, -0.2) is 27.6 Å². The summed E-state index contributed by atoms with van der Waals surface area (Å²) >= 11 is 3.21. The number of esters is 1. The third kappa shape index (κ3) is 2.80. The predicted molar refractivity (Wildman–Crippen MR) is 78.6 cm³/mol. The van der Waals surface area contributed by atoms with Gasteiger partial charge >= 0.3 is 5.97 Å². The Morgan fingerprint density at radius 3 is 2.81 bits per heavy atom. The van der Waals surface area contributed by atoms with Gasteiger partial charge in [0.2, 0.25) is 0 Å². The molecule has 0 aliphatic heterocycles. The zero-order valence-corrected chi connectivity index (χ0v) is 12.6. The Morgan fingerprint density at radius 1 is 1.52 bits per heavy atom. The molecule has 21 heavy (non-hydrogen) atoms. The lowest BCUT2D eigenvalue weighted by Crippen LogP contribution is -2.06. The predicted octanol–water partition coefficient (Wildman–Crippen LogP) is 2.92. The summed E-state index contributed by atoms with van der Waals surface area (Å²) in [7, 11) is 0. The first kappa shape index (κ1) is 15.2. The molecule has 0 fully saturated rings. The van der Waals surface area contributed by atoms with E-state index in [9.17, 15) is 20.0 Å². The van der Waals surface area contributed by atoms with E-state index in [4.69, 9.17) is 4.74 Å². The lowest BCUT2D eigenvalue weighted by atomic mass is 10.1. The summed E-state index contributed by atoms with van der Waals surface area (Å²) in [5.41, 5.74) is 0.264. The number of benzene rings is 1. The minimum atomic E-state index is -0.726. The number of aromatic nitrogens is 1. The molecule has 8 heteroatoms. The van der Waals surface area contributed by atoms with Crippen molar-refractivity contribution in [3.63, 3.8) is 0 Å². The van der Waals surface area contributed by atoms with Crippen LogP contribution >= 0.6 is 15.9 Å². The van der Waals surface area contributed by atoms with Gasteiger partial charge in [-0.05, 0) is 18.6 Å². The molecule has 1 aromatic heterocycles. The van der Waals surface area contributed by atoms with Crippen molar-refractivity contribution in [2.45, 2.75) is 12.3 Å². The van der Waals surface area contributed by atoms with Crippen LogP contribution in [0.4, 0.5) is 5.69 Å². The van der Waals surface area contributed by atoms with E-state index < -0.39 is 10.9 Å². The maximum atomic E-state index is 11.7. The number of halogens is 1. The van der Waals surface area contributed by atoms with Crippen LogP contribution in [0.1, 0.15) is 22.8 Å². The van der Waals surface area contributed by atoms with Crippen LogP contribution in [0.3, 0.4) is 0 Å². The Kier molecular flexibility index (Phi) is 4.37. The maximum Gasteiger partial charge on any atom is 0.343 e. The first-order valence-electron chi connectivity index (χ1n) is 6.01. The molecule has 0 aliphatic rings. The number of nitro groups is 1. The Bertz CT molecular complexity index is 732. The number of non-ortho nitro benzene ring substituents is 1. The van der Waals surface area contributed by atoms with Crippen molar-refractivity contribution in [2.75, 3.05) is 6.61 Å². The van der Waals surface area contributed by atoms with E-state index in [0.29, 0.717) is 10.9 Å². The van der Waals surface area contributed by atoms with Crippen molar-refractivity contribution in [3.8, 4) is 5.75 Å². The number of fused-ring (bicyclic) bond motifs is 1. The fraction of sp³-hybridized carbons (Fsp3) is 0.231. The van der Waals surface area contributed by atoms with Gasteiger partial charge in [0.1, 0.15) is 11.3 Å². The second-order valence-corrected chi connectivity index (χ2v) is 4.70. The molecule has 0 amide bonds. The van der Waals surface area contributed by atoms with Gasteiger partial charge in [0.25, 0.3) is 5.69 Å². The zero-order chi connectivity index (χ0) is 15.6. The standard InChI is InChI=1S/C13H11BrN2O5/c1-2-21-13(18)9-6-15-11-8(12(9)17)3-7(5-14)4-10(11)16(19)20/h3-4,6H,2,5H2,1H3,(H,15,17). The normalized spacial score (nSPS) is 10.6. The molecule has 0 unspecified atom stereocenters. The topological polar surface area (TPSA) is 103 Å². The molecule has 1 heterocycles. The van der Waals surface area contributed by atoms with E-state index in [1.54, 1.807) is 13.0 Å². The number of carbonyl (C=O) groups is 1. The lowest BCUT2D eigenvalue weighted by molar-refractivity contribution is -0.383. The van der Waals surface area contributed by atoms with Gasteiger partial charge in [-0.15, -0.1) is 0 Å². The zero-order valence-electron chi connectivity index (χ0n) is 11.0. The molecule has 110 valence electrons. The Balaban J connectivity index is 2.74. The molecular formula is C13H11BrN2O5. The van der Waals surface area contributed by atoms with Gasteiger partial charge in [0.05, 0.1) is 16.9 Å². The highest BCUT2D eigenvalue weighted by atomic mass is 79.9. The number of pyridine rings is 1. The molecule has 0 spiro atoms. The van der Waals surface area contributed by atoms with Gasteiger partial charge in [-0.3, -0.25) is 10.1 Å². The number of alkyl halides is 1. The van der Waals surface area contributed by atoms with E-state index in [2.05, 4.69) is 20.9 Å². The van der Waals surface area contributed by atoms with Crippen LogP contribution in [0.15, 0.2) is 18.3 Å². The number of hydrogen-bond donors (Lipinski definition) is 1. The molecule has 2 aromatic rings. The third-order valence-corrected chi connectivity index (χ3v) is 3.48. The summed E-state index contributed by atoms with van der Waals surface area (Å²) in [4.78, 5) is 26.2. The number of nitro benzene ring substituents is 1. The highest BCUT2D eigenvalue weighted by Gasteiger charge is 2.22. The minimum absolute atomic E-state index is 0.0234. The van der Waals surface area contributed by atoms with Crippen molar-refractivity contribution >= 4 is 38.5 Å². The molecule has 1 N–H and O–H groups in total. The first-order valence-corrected chi connectivity index (χ1v) is 7.13. The third-order valence-electron chi connectivity index (χ3n) is 2.83. The number of hydrogen-bond acceptors (Lipinski definition) is 6. The summed E-state index contributed by atoms with van der Waals surface area (Å²) in [5, 5.41) is 21.8. The summed E-state index contributed by atoms with van der Waals surface area (Å²) in [6.45, 7) is 1.79. The summed E-state index contributed by atoms with van der Waals surface area (Å²) < 4.78 is 4.81. The van der Waals surface area contributed by atoms with Gasteiger partial charge in [-0.1, -0.05) is 15.9 Å². The van der Waals surface area contributed by atoms with E-state index in [0.717, 1.165) is 6.20 Å². The SMILES string of the molecule is CCOC(=O)c1cnc2c([N+](=O)[O-])cc(CBr)cc2c1O. The van der Waals surface area contributed by atoms with E-state index in [1.807, 2.05) is 0 Å². The molecule has 0 saturated heterocycles. The average Bonchev–Trinajstić information content (AvgIpc) is 2.46. The van der Waals surface area contributed by atoms with Crippen molar-refractivity contribution in [1.29, 1.82) is 0 Å². The molecule has 2 rings (SSSR count). The van der Waals surface area contributed by atoms with Gasteiger partial charge in [-0.25, -0.2) is 9.78 Å². The van der Waals surface area contributed by atoms with Crippen LogP contribution in [-0.2, 0) is 10.1 Å². The quantitative estimate of drug-likeness (QED) is 0.392. The van der Waals surface area contributed by atoms with E-state index in [-0.39, 0.29) is 34.5 Å². The van der Waals surface area contributed by atoms with Crippen molar-refractivity contribution in [3.05, 3.63) is 39.6 Å². The van der Waals surface area contributed by atoms with Crippen molar-refractivity contribution in [2.24, 2.45) is 0 Å². The highest BCUT2D eigenvalue weighted by Crippen LogP contribution is 2.34. The molecule has 1 aromatic carbocycles. The monoisotopic (exact) mass is 354 g/mol. The highest BCUT2D eigenvalue weighted by molar-refractivity contribution is 9.08. The largest absolute Gasteiger partial charge is 0.506 e. The number of aromatic hydroxyl groups is 1. The number of rotatable bonds is 4. The second kappa shape index (κ2) is 6.04. The van der Waals surface area contributed by atoms with E-state index >= 15 is 0 Å². The van der Waals surface area contributed by atoms with E-state index in [1.165, 1.54) is 6.07 Å². The van der Waals surface area contributed by atoms with Gasteiger partial charge in [-0.2, -0.15) is 0 Å². The molecule has 7 nitrogen and oxygen atoms in total. The summed E-state index contributed by atoms with van der Waals surface area (Å²) in [6.07, 6.45) is 1.08. The second-order valence-electron chi connectivity index (χ2n) is 4.14. The maximum absolute atomic E-state index is 11.7. The smallest absolute Gasteiger partial charge is 0.343 e.